The van der Waals surface area contributed by atoms with Gasteiger partial charge in [-0.2, -0.15) is 0 Å². The third kappa shape index (κ3) is 3.06. The van der Waals surface area contributed by atoms with Crippen LogP contribution < -0.4 is 4.74 Å². The molecule has 0 saturated carbocycles. The van der Waals surface area contributed by atoms with E-state index in [1.807, 2.05) is 6.07 Å². The maximum Gasteiger partial charge on any atom is 0.341 e. The molecule has 1 atom stereocenters. The fourth-order valence-electron chi connectivity index (χ4n) is 1.89. The largest absolute Gasteiger partial charge is 0.482 e. The number of rotatable bonds is 5. The van der Waals surface area contributed by atoms with E-state index in [0.29, 0.717) is 5.75 Å². The lowest BCUT2D eigenvalue weighted by Gasteiger charge is -2.09. The molecule has 5 nitrogen and oxygen atoms in total. The molecule has 0 aromatic heterocycles. The molecular weight excluding hydrogens is 260 g/mol. The Morgan fingerprint density at radius 2 is 1.75 bits per heavy atom. The van der Waals surface area contributed by atoms with Gasteiger partial charge in [-0.15, -0.1) is 0 Å². The van der Waals surface area contributed by atoms with Crippen molar-refractivity contribution in [2.24, 2.45) is 0 Å². The Balaban J connectivity index is 2.29. The second kappa shape index (κ2) is 5.61. The molecule has 0 unspecified atom stereocenters. The van der Waals surface area contributed by atoms with E-state index in [-0.39, 0.29) is 6.61 Å². The summed E-state index contributed by atoms with van der Waals surface area (Å²) < 4.78 is 5.10. The zero-order valence-electron chi connectivity index (χ0n) is 10.9. The fraction of sp³-hybridized carbons (Fsp3) is 0.200. The minimum Gasteiger partial charge on any atom is -0.482 e. The van der Waals surface area contributed by atoms with Crippen molar-refractivity contribution in [1.29, 1.82) is 0 Å². The summed E-state index contributed by atoms with van der Waals surface area (Å²) >= 11 is 0. The summed E-state index contributed by atoms with van der Waals surface area (Å²) in [5.74, 6) is -2.00. The number of hydrogen-bond donors (Lipinski definition) is 2. The second-order valence-electron chi connectivity index (χ2n) is 4.51. The van der Waals surface area contributed by atoms with Gasteiger partial charge in [-0.1, -0.05) is 24.3 Å². The van der Waals surface area contributed by atoms with Gasteiger partial charge in [-0.05, 0) is 35.4 Å². The summed E-state index contributed by atoms with van der Waals surface area (Å²) in [6, 6.07) is 10.5. The van der Waals surface area contributed by atoms with Gasteiger partial charge in [-0.25, -0.2) is 4.79 Å². The number of carboxylic acid groups (broad SMARTS) is 2. The molecule has 2 aromatic carbocycles. The minimum absolute atomic E-state index is 0.389. The minimum atomic E-state index is -1.03. The fourth-order valence-corrected chi connectivity index (χ4v) is 1.89. The van der Waals surface area contributed by atoms with E-state index in [1.165, 1.54) is 0 Å². The van der Waals surface area contributed by atoms with Crippen LogP contribution in [0.4, 0.5) is 0 Å². The van der Waals surface area contributed by atoms with Crippen molar-refractivity contribution in [2.75, 3.05) is 6.61 Å². The van der Waals surface area contributed by atoms with Gasteiger partial charge >= 0.3 is 11.9 Å². The van der Waals surface area contributed by atoms with Crippen LogP contribution in [0.3, 0.4) is 0 Å². The third-order valence-corrected chi connectivity index (χ3v) is 3.07. The van der Waals surface area contributed by atoms with Crippen molar-refractivity contribution in [3.8, 4) is 5.75 Å². The first-order chi connectivity index (χ1) is 9.47. The molecule has 0 heterocycles. The molecule has 0 fully saturated rings. The first kappa shape index (κ1) is 13.9. The monoisotopic (exact) mass is 274 g/mol. The van der Waals surface area contributed by atoms with Gasteiger partial charge in [0.2, 0.25) is 0 Å². The number of carbonyl (C=O) groups is 2. The average molecular weight is 274 g/mol. The number of carboxylic acids is 2. The van der Waals surface area contributed by atoms with Gasteiger partial charge in [0, 0.05) is 0 Å². The number of benzene rings is 2. The Hall–Kier alpha value is -2.56. The van der Waals surface area contributed by atoms with Crippen molar-refractivity contribution in [3.63, 3.8) is 0 Å². The summed E-state index contributed by atoms with van der Waals surface area (Å²) in [6.45, 7) is 1.24. The van der Waals surface area contributed by atoms with Crippen LogP contribution >= 0.6 is 0 Å². The number of ether oxygens (including phenoxy) is 1. The predicted octanol–water partition coefficient (Wildman–Crippen LogP) is 2.49. The molecule has 20 heavy (non-hydrogen) atoms. The summed E-state index contributed by atoms with van der Waals surface area (Å²) in [4.78, 5) is 21.4. The molecule has 0 amide bonds. The molecule has 2 rings (SSSR count). The number of hydrogen-bond acceptors (Lipinski definition) is 3. The van der Waals surface area contributed by atoms with Crippen LogP contribution in [-0.4, -0.2) is 28.8 Å². The van der Waals surface area contributed by atoms with Gasteiger partial charge in [0.15, 0.2) is 6.61 Å². The average Bonchev–Trinajstić information content (AvgIpc) is 2.43. The number of fused-ring (bicyclic) bond motifs is 1. The van der Waals surface area contributed by atoms with E-state index in [2.05, 4.69) is 0 Å². The van der Waals surface area contributed by atoms with Gasteiger partial charge in [0.05, 0.1) is 5.92 Å². The van der Waals surface area contributed by atoms with Crippen molar-refractivity contribution in [1.82, 2.24) is 0 Å². The highest BCUT2D eigenvalue weighted by Crippen LogP contribution is 2.25. The van der Waals surface area contributed by atoms with E-state index in [0.717, 1.165) is 16.3 Å². The van der Waals surface area contributed by atoms with E-state index in [9.17, 15) is 9.59 Å². The summed E-state index contributed by atoms with van der Waals surface area (Å²) in [5, 5.41) is 19.3. The van der Waals surface area contributed by atoms with Crippen LogP contribution in [0.25, 0.3) is 10.8 Å². The lowest BCUT2D eigenvalue weighted by molar-refractivity contribution is -0.139. The topological polar surface area (TPSA) is 83.8 Å². The molecule has 0 saturated heterocycles. The molecular formula is C15H14O5. The van der Waals surface area contributed by atoms with Gasteiger partial charge in [-0.3, -0.25) is 4.79 Å². The summed E-state index contributed by atoms with van der Waals surface area (Å²) in [6.07, 6.45) is 0. The van der Waals surface area contributed by atoms with Gasteiger partial charge in [0.1, 0.15) is 5.75 Å². The third-order valence-electron chi connectivity index (χ3n) is 3.07. The first-order valence-electron chi connectivity index (χ1n) is 6.08. The lowest BCUT2D eigenvalue weighted by atomic mass is 9.98. The van der Waals surface area contributed by atoms with E-state index in [4.69, 9.17) is 14.9 Å². The zero-order chi connectivity index (χ0) is 14.7. The predicted molar refractivity (Wildman–Crippen MR) is 73.1 cm³/mol. The Kier molecular flexibility index (Phi) is 3.89. The first-order valence-corrected chi connectivity index (χ1v) is 6.08. The highest BCUT2D eigenvalue weighted by Gasteiger charge is 2.13. The Labute approximate surface area is 115 Å². The standard InChI is InChI=1S/C15H14O5/c1-9(15(18)19)10-2-3-12-7-13(20-8-14(16)17)5-4-11(12)6-10/h2-7,9H,8H2,1H3,(H,16,17)(H,18,19)/t9-/m1/s1. The highest BCUT2D eigenvalue weighted by atomic mass is 16.5. The molecule has 104 valence electrons. The molecule has 0 aliphatic rings. The summed E-state index contributed by atoms with van der Waals surface area (Å²) in [7, 11) is 0. The number of aliphatic carboxylic acids is 2. The van der Waals surface area contributed by atoms with Crippen LogP contribution in [0.2, 0.25) is 0 Å². The molecule has 5 heteroatoms. The Bertz CT molecular complexity index is 662. The Morgan fingerprint density at radius 3 is 2.40 bits per heavy atom. The van der Waals surface area contributed by atoms with Crippen LogP contribution in [0.5, 0.6) is 5.75 Å². The van der Waals surface area contributed by atoms with Gasteiger partial charge in [0.25, 0.3) is 0 Å². The van der Waals surface area contributed by atoms with E-state index in [1.54, 1.807) is 37.3 Å². The van der Waals surface area contributed by atoms with E-state index >= 15 is 0 Å². The zero-order valence-corrected chi connectivity index (χ0v) is 10.9. The second-order valence-corrected chi connectivity index (χ2v) is 4.51. The van der Waals surface area contributed by atoms with Crippen molar-refractivity contribution < 1.29 is 24.5 Å². The maximum absolute atomic E-state index is 11.0. The lowest BCUT2D eigenvalue weighted by Crippen LogP contribution is -2.09. The molecule has 0 radical (unpaired) electrons. The van der Waals surface area contributed by atoms with Crippen LogP contribution in [-0.2, 0) is 9.59 Å². The van der Waals surface area contributed by atoms with Crippen molar-refractivity contribution in [3.05, 3.63) is 42.0 Å². The van der Waals surface area contributed by atoms with Crippen molar-refractivity contribution >= 4 is 22.7 Å². The van der Waals surface area contributed by atoms with Crippen LogP contribution in [0.1, 0.15) is 18.4 Å². The smallest absolute Gasteiger partial charge is 0.341 e. The molecule has 0 aliphatic heterocycles. The van der Waals surface area contributed by atoms with Crippen LogP contribution in [0.15, 0.2) is 36.4 Å². The SMILES string of the molecule is C[C@@H](C(=O)O)c1ccc2cc(OCC(=O)O)ccc2c1. The van der Waals surface area contributed by atoms with E-state index < -0.39 is 17.9 Å². The quantitative estimate of drug-likeness (QED) is 0.875. The molecule has 0 bridgehead atoms. The highest BCUT2D eigenvalue weighted by molar-refractivity contribution is 5.86. The van der Waals surface area contributed by atoms with Crippen molar-refractivity contribution in [2.45, 2.75) is 12.8 Å². The molecule has 0 aliphatic carbocycles. The normalized spacial score (nSPS) is 12.1. The van der Waals surface area contributed by atoms with Gasteiger partial charge < -0.3 is 14.9 Å². The summed E-state index contributed by atoms with van der Waals surface area (Å²) in [5.41, 5.74) is 0.726. The Morgan fingerprint density at radius 1 is 1.10 bits per heavy atom. The molecule has 2 N–H and O–H groups in total. The molecule has 0 spiro atoms. The molecule has 2 aromatic rings. The maximum atomic E-state index is 11.0. The van der Waals surface area contributed by atoms with Crippen LogP contribution in [0, 0.1) is 0 Å².